The minimum Gasteiger partial charge on any atom is -0.378 e. The van der Waals surface area contributed by atoms with Crippen molar-refractivity contribution < 1.29 is 5.11 Å². The second-order valence-corrected chi connectivity index (χ2v) is 9.29. The number of nitrogens with zero attached hydrogens (tertiary/aromatic N) is 4. The minimum absolute atomic E-state index is 0.521. The third-order valence-corrected chi connectivity index (χ3v) is 5.74. The monoisotopic (exact) mass is 400 g/mol. The Hall–Kier alpha value is -3.10. The first-order valence-corrected chi connectivity index (χ1v) is 9.98. The Labute approximate surface area is 178 Å². The van der Waals surface area contributed by atoms with Gasteiger partial charge in [-0.05, 0) is 43.5 Å². The van der Waals surface area contributed by atoms with Gasteiger partial charge in [0.1, 0.15) is 11.9 Å². The summed E-state index contributed by atoms with van der Waals surface area (Å²) in [6, 6.07) is 12.3. The topological polar surface area (TPSA) is 82.7 Å². The van der Waals surface area contributed by atoms with Gasteiger partial charge in [0.25, 0.3) is 0 Å². The van der Waals surface area contributed by atoms with E-state index in [2.05, 4.69) is 27.1 Å². The summed E-state index contributed by atoms with van der Waals surface area (Å²) in [7, 11) is 0. The lowest BCUT2D eigenvalue weighted by atomic mass is 9.70. The first-order chi connectivity index (χ1) is 14.0. The van der Waals surface area contributed by atoms with Crippen LogP contribution in [0.1, 0.15) is 57.0 Å². The van der Waals surface area contributed by atoms with E-state index in [4.69, 9.17) is 0 Å². The number of rotatable bonds is 4. The van der Waals surface area contributed by atoms with E-state index in [-0.39, 0.29) is 0 Å². The number of aryl methyl sites for hydroxylation is 1. The molecule has 0 aliphatic heterocycles. The summed E-state index contributed by atoms with van der Waals surface area (Å²) in [5, 5.41) is 21.1. The molecule has 154 valence electrons. The largest absolute Gasteiger partial charge is 0.378 e. The number of hydrogen-bond donors (Lipinski definition) is 1. The van der Waals surface area contributed by atoms with Crippen LogP contribution in [0, 0.1) is 23.7 Å². The standard InChI is InChI=1S/C25H28N4O/c1-17-11-19(24(5,6)15-26)8-9-21(17)18-7-10-22(29-12-18)25(30,23(2,3)4)20-13-27-16-28-14-20/h7-14,16,30H,1-6H3. The molecule has 0 radical (unpaired) electrons. The summed E-state index contributed by atoms with van der Waals surface area (Å²) in [6.07, 6.45) is 6.50. The Balaban J connectivity index is 2.03. The predicted octanol–water partition coefficient (Wildman–Crippen LogP) is 4.93. The highest BCUT2D eigenvalue weighted by Crippen LogP contribution is 2.43. The van der Waals surface area contributed by atoms with Gasteiger partial charge in [0.2, 0.25) is 0 Å². The maximum absolute atomic E-state index is 11.7. The van der Waals surface area contributed by atoms with Crippen molar-refractivity contribution in [3.8, 4) is 17.2 Å². The summed E-state index contributed by atoms with van der Waals surface area (Å²) in [5.41, 5.74) is 2.84. The van der Waals surface area contributed by atoms with E-state index in [1.165, 1.54) is 6.33 Å². The van der Waals surface area contributed by atoms with Crippen LogP contribution in [0.2, 0.25) is 0 Å². The molecule has 30 heavy (non-hydrogen) atoms. The lowest BCUT2D eigenvalue weighted by Gasteiger charge is -2.39. The smallest absolute Gasteiger partial charge is 0.139 e. The average molecular weight is 401 g/mol. The van der Waals surface area contributed by atoms with Crippen LogP contribution in [-0.2, 0) is 11.0 Å². The van der Waals surface area contributed by atoms with Crippen LogP contribution in [0.25, 0.3) is 11.1 Å². The molecule has 0 aliphatic carbocycles. The Morgan fingerprint density at radius 2 is 1.57 bits per heavy atom. The Bertz CT molecular complexity index is 1080. The fourth-order valence-corrected chi connectivity index (χ4v) is 3.66. The van der Waals surface area contributed by atoms with E-state index in [0.717, 1.165) is 22.3 Å². The van der Waals surface area contributed by atoms with Crippen LogP contribution in [-0.4, -0.2) is 20.1 Å². The van der Waals surface area contributed by atoms with Crippen LogP contribution in [0.3, 0.4) is 0 Å². The first kappa shape index (κ1) is 21.6. The number of hydrogen-bond acceptors (Lipinski definition) is 5. The predicted molar refractivity (Wildman–Crippen MR) is 118 cm³/mol. The van der Waals surface area contributed by atoms with Crippen molar-refractivity contribution in [3.63, 3.8) is 0 Å². The highest BCUT2D eigenvalue weighted by atomic mass is 16.3. The van der Waals surface area contributed by atoms with Gasteiger partial charge in [-0.1, -0.05) is 45.0 Å². The van der Waals surface area contributed by atoms with Crippen molar-refractivity contribution in [2.75, 3.05) is 0 Å². The molecule has 1 unspecified atom stereocenters. The quantitative estimate of drug-likeness (QED) is 0.671. The summed E-state index contributed by atoms with van der Waals surface area (Å²) in [5.74, 6) is 0. The third kappa shape index (κ3) is 3.71. The van der Waals surface area contributed by atoms with Gasteiger partial charge < -0.3 is 5.11 Å². The fourth-order valence-electron chi connectivity index (χ4n) is 3.66. The molecular weight excluding hydrogens is 372 g/mol. The van der Waals surface area contributed by atoms with Crippen LogP contribution >= 0.6 is 0 Å². The fraction of sp³-hybridized carbons (Fsp3) is 0.360. The molecule has 5 heteroatoms. The van der Waals surface area contributed by atoms with E-state index in [0.29, 0.717) is 11.3 Å². The number of aliphatic hydroxyl groups is 1. The second kappa shape index (κ2) is 7.62. The van der Waals surface area contributed by atoms with Crippen LogP contribution < -0.4 is 0 Å². The Kier molecular flexibility index (Phi) is 5.49. The summed E-state index contributed by atoms with van der Waals surface area (Å²) in [4.78, 5) is 12.8. The van der Waals surface area contributed by atoms with Gasteiger partial charge in [-0.25, -0.2) is 9.97 Å². The summed E-state index contributed by atoms with van der Waals surface area (Å²) < 4.78 is 0. The maximum Gasteiger partial charge on any atom is 0.139 e. The number of benzene rings is 1. The first-order valence-electron chi connectivity index (χ1n) is 9.98. The molecule has 0 saturated heterocycles. The molecule has 0 amide bonds. The van der Waals surface area contributed by atoms with Gasteiger partial charge in [0.05, 0.1) is 17.2 Å². The minimum atomic E-state index is -1.33. The van der Waals surface area contributed by atoms with Gasteiger partial charge in [0, 0.05) is 35.1 Å². The van der Waals surface area contributed by atoms with Gasteiger partial charge in [-0.2, -0.15) is 5.26 Å². The van der Waals surface area contributed by atoms with Crippen molar-refractivity contribution in [1.82, 2.24) is 15.0 Å². The molecule has 1 atom stereocenters. The molecular formula is C25H28N4O. The molecule has 1 aromatic carbocycles. The van der Waals surface area contributed by atoms with Crippen molar-refractivity contribution in [3.05, 3.63) is 77.6 Å². The summed E-state index contributed by atoms with van der Waals surface area (Å²) >= 11 is 0. The molecule has 1 N–H and O–H groups in total. The number of pyridine rings is 1. The normalized spacial score (nSPS) is 14.1. The van der Waals surface area contributed by atoms with Gasteiger partial charge >= 0.3 is 0 Å². The molecule has 0 bridgehead atoms. The second-order valence-electron chi connectivity index (χ2n) is 9.29. The highest BCUT2D eigenvalue weighted by molar-refractivity contribution is 5.67. The zero-order chi connectivity index (χ0) is 22.2. The van der Waals surface area contributed by atoms with E-state index in [9.17, 15) is 10.4 Å². The molecule has 0 saturated carbocycles. The zero-order valence-corrected chi connectivity index (χ0v) is 18.4. The SMILES string of the molecule is Cc1cc(C(C)(C)C#N)ccc1-c1ccc(C(O)(c2cncnc2)C(C)(C)C)nc1. The lowest BCUT2D eigenvalue weighted by Crippen LogP contribution is -2.42. The van der Waals surface area contributed by atoms with E-state index in [1.54, 1.807) is 18.6 Å². The van der Waals surface area contributed by atoms with Crippen LogP contribution in [0.4, 0.5) is 0 Å². The van der Waals surface area contributed by atoms with Crippen molar-refractivity contribution in [2.24, 2.45) is 5.41 Å². The molecule has 3 rings (SSSR count). The van der Waals surface area contributed by atoms with Crippen LogP contribution in [0.15, 0.2) is 55.2 Å². The lowest BCUT2D eigenvalue weighted by molar-refractivity contribution is -0.0301. The molecule has 2 aromatic heterocycles. The van der Waals surface area contributed by atoms with E-state index in [1.807, 2.05) is 65.8 Å². The Morgan fingerprint density at radius 1 is 0.900 bits per heavy atom. The van der Waals surface area contributed by atoms with Crippen LogP contribution in [0.5, 0.6) is 0 Å². The molecule has 0 fully saturated rings. The third-order valence-electron chi connectivity index (χ3n) is 5.74. The molecule has 3 aromatic rings. The van der Waals surface area contributed by atoms with Gasteiger partial charge in [0.15, 0.2) is 0 Å². The molecule has 2 heterocycles. The van der Waals surface area contributed by atoms with E-state index < -0.39 is 16.4 Å². The highest BCUT2D eigenvalue weighted by Gasteiger charge is 2.45. The van der Waals surface area contributed by atoms with E-state index >= 15 is 0 Å². The molecule has 0 aliphatic rings. The summed E-state index contributed by atoms with van der Waals surface area (Å²) in [6.45, 7) is 11.8. The maximum atomic E-state index is 11.7. The number of aromatic nitrogens is 3. The van der Waals surface area contributed by atoms with Gasteiger partial charge in [-0.3, -0.25) is 4.98 Å². The molecule has 5 nitrogen and oxygen atoms in total. The van der Waals surface area contributed by atoms with Crippen molar-refractivity contribution >= 4 is 0 Å². The average Bonchev–Trinajstić information content (AvgIpc) is 2.73. The number of nitriles is 1. The zero-order valence-electron chi connectivity index (χ0n) is 18.4. The van der Waals surface area contributed by atoms with Crippen molar-refractivity contribution in [2.45, 2.75) is 52.6 Å². The van der Waals surface area contributed by atoms with Gasteiger partial charge in [-0.15, -0.1) is 0 Å². The Morgan fingerprint density at radius 3 is 2.07 bits per heavy atom. The van der Waals surface area contributed by atoms with Crippen molar-refractivity contribution in [1.29, 1.82) is 5.26 Å². The molecule has 0 spiro atoms.